The predicted octanol–water partition coefficient (Wildman–Crippen LogP) is 31.1. The molecular formula is C112H154ClF3N4O14S10. The van der Waals surface area contributed by atoms with E-state index < -0.39 is 24.8 Å². The third-order valence-corrected chi connectivity index (χ3v) is 33.6. The van der Waals surface area contributed by atoms with Gasteiger partial charge in [-0.1, -0.05) is 65.2 Å². The zero-order valence-electron chi connectivity index (χ0n) is 87.8. The second kappa shape index (κ2) is 71.3. The van der Waals surface area contributed by atoms with Gasteiger partial charge in [0.1, 0.15) is 6.61 Å². The molecule has 2 saturated heterocycles. The molecule has 794 valence electrons. The van der Waals surface area contributed by atoms with Crippen LogP contribution in [0.1, 0.15) is 352 Å². The van der Waals surface area contributed by atoms with Gasteiger partial charge in [0.2, 0.25) is 11.8 Å². The number of carbonyl (C=O) groups excluding carboxylic acids is 12. The summed E-state index contributed by atoms with van der Waals surface area (Å²) in [6.07, 6.45) is 21.2. The molecule has 0 bridgehead atoms. The van der Waals surface area contributed by atoms with Gasteiger partial charge in [0.25, 0.3) is 0 Å². The van der Waals surface area contributed by atoms with E-state index in [1.54, 1.807) is 101 Å². The third-order valence-electron chi connectivity index (χ3n) is 23.2. The average Bonchev–Trinajstić information content (AvgIpc) is 1.77. The summed E-state index contributed by atoms with van der Waals surface area (Å²) in [7, 11) is 10.7. The van der Waals surface area contributed by atoms with Crippen molar-refractivity contribution in [1.82, 2.24) is 19.6 Å². The summed E-state index contributed by atoms with van der Waals surface area (Å²) in [6, 6.07) is 38.4. The van der Waals surface area contributed by atoms with Crippen molar-refractivity contribution in [3.63, 3.8) is 0 Å². The normalized spacial score (nSPS) is 13.1. The minimum Gasteiger partial charge on any atom is -0.385 e. The van der Waals surface area contributed by atoms with Crippen LogP contribution in [0.3, 0.4) is 0 Å². The Morgan fingerprint density at radius 2 is 0.646 bits per heavy atom. The lowest BCUT2D eigenvalue weighted by atomic mass is 9.82. The number of Topliss-reactive ketones (excluding diaryl/α,β-unsaturated/α-hetero) is 10. The van der Waals surface area contributed by atoms with Crippen molar-refractivity contribution in [2.75, 3.05) is 94.9 Å². The number of nitrogens with zero attached hydrogens (tertiary/aromatic N) is 4. The average molecular weight is 2190 g/mol. The molecule has 0 radical (unpaired) electrons. The Labute approximate surface area is 901 Å². The molecule has 0 aromatic carbocycles. The summed E-state index contributed by atoms with van der Waals surface area (Å²) < 4.78 is 45.0. The number of aryl methyl sites for hydroxylation is 10. The molecule has 4 aliphatic rings. The van der Waals surface area contributed by atoms with Crippen LogP contribution in [0.2, 0.25) is 0 Å². The highest BCUT2D eigenvalue weighted by Gasteiger charge is 2.29. The van der Waals surface area contributed by atoms with Gasteiger partial charge in [0, 0.05) is 167 Å². The van der Waals surface area contributed by atoms with Gasteiger partial charge in [-0.05, 0) is 313 Å². The van der Waals surface area contributed by atoms with E-state index in [1.807, 2.05) is 169 Å². The lowest BCUT2D eigenvalue weighted by Crippen LogP contribution is -2.30. The van der Waals surface area contributed by atoms with E-state index in [0.717, 1.165) is 141 Å². The molecule has 32 heteroatoms. The molecule has 0 unspecified atom stereocenters. The molecule has 10 aromatic rings. The maximum Gasteiger partial charge on any atom is 0.389 e. The lowest BCUT2D eigenvalue weighted by Gasteiger charge is -2.26. The number of unbranched alkanes of at least 4 members (excludes halogenated alkanes) is 2. The molecular weight excluding hydrogens is 2040 g/mol. The zero-order valence-corrected chi connectivity index (χ0v) is 96.8. The van der Waals surface area contributed by atoms with Gasteiger partial charge in [-0.3, -0.25) is 57.5 Å². The standard InChI is InChI=1S/C15H23NOS.C14H19NO2S.C12H19NOS.C12H16OS.C11H15NO2S.C11H14OS.C10H14O2S.C10H14OS.C9H9F3OS.C8H10O2S.ClH/c1-13-8-9-15(18-13)14(17)7-3-6-12-16-10-4-2-5-11-16;1-11-7-8-13(18-11)12(16)5-4-6-14(17)15-9-2-3-10-15;1-10-7-8-12(15-10)11(14)6-4-5-9-13(2)3;1-9-6-7-12(14-9)11(13)8-10-4-2-3-5-10;1-8-4-6-10(15-8)9(13)5-7-11(14)12(2)3;1-8-5-6-11(13-8)10(12)7-9-3-2-4-9;1-8-5-6-10(13-8)9(11)4-3-7-12-2;1-7(2)6-9(11)10-5-4-8(3)12-10;1-6-2-3-8(14-6)7(13)4-5-9(10,11)12;1-6-3-4-8(11-6)7(9)5-10-2;/h8-9H,2-7,10-12H2,1H3;7-8H,2-6,9-10H2,1H3;7-8H,4-6,9H2,1-3H3;6-7,10H,2-5,8H2,1H3;4,6H,5,7H2,1-3H3;5-6,9H,2-4,7H2,1H3;5-6H,3-4,7H2,1-2H3;4-5,7H,6H2,1-3H3;2-3H,4-5H2,1H3;3-4H,5H2,1-2H3;1H. The molecule has 2 aliphatic carbocycles. The van der Waals surface area contributed by atoms with Gasteiger partial charge in [-0.2, -0.15) is 13.2 Å². The van der Waals surface area contributed by atoms with E-state index in [0.29, 0.717) is 110 Å². The Bertz CT molecular complexity index is 5470. The Balaban J connectivity index is 0.000000334. The van der Waals surface area contributed by atoms with Crippen LogP contribution < -0.4 is 0 Å². The van der Waals surface area contributed by atoms with E-state index in [9.17, 15) is 70.7 Å². The van der Waals surface area contributed by atoms with Crippen molar-refractivity contribution in [2.45, 2.75) is 282 Å². The Morgan fingerprint density at radius 1 is 0.340 bits per heavy atom. The van der Waals surface area contributed by atoms with E-state index in [2.05, 4.69) is 51.6 Å². The van der Waals surface area contributed by atoms with Crippen LogP contribution in [-0.2, 0) is 19.1 Å². The number of ketones is 10. The molecule has 10 aromatic heterocycles. The maximum atomic E-state index is 11.9. The van der Waals surface area contributed by atoms with Crippen LogP contribution >= 0.6 is 126 Å². The van der Waals surface area contributed by atoms with Gasteiger partial charge in [-0.15, -0.1) is 126 Å². The molecule has 0 spiro atoms. The number of amides is 2. The summed E-state index contributed by atoms with van der Waals surface area (Å²) in [4.78, 5) is 167. The number of carbonyl (C=O) groups is 12. The van der Waals surface area contributed by atoms with Crippen LogP contribution in [-0.4, -0.2) is 190 Å². The number of piperidine rings is 1. The van der Waals surface area contributed by atoms with E-state index in [4.69, 9.17) is 9.47 Å². The van der Waals surface area contributed by atoms with Gasteiger partial charge >= 0.3 is 6.18 Å². The van der Waals surface area contributed by atoms with Crippen molar-refractivity contribution in [1.29, 1.82) is 0 Å². The molecule has 2 amide bonds. The van der Waals surface area contributed by atoms with Gasteiger partial charge in [-0.25, -0.2) is 0 Å². The number of alkyl halides is 3. The number of hydrogen-bond donors (Lipinski definition) is 0. The van der Waals surface area contributed by atoms with E-state index in [1.165, 1.54) is 170 Å². The van der Waals surface area contributed by atoms with Crippen molar-refractivity contribution in [3.05, 3.63) is 219 Å². The number of hydrogen-bond acceptors (Lipinski definition) is 26. The van der Waals surface area contributed by atoms with E-state index in [-0.39, 0.29) is 59.7 Å². The molecule has 14 rings (SSSR count). The summed E-state index contributed by atoms with van der Waals surface area (Å²) in [5, 5.41) is 0. The minimum absolute atomic E-state index is 0. The lowest BCUT2D eigenvalue weighted by molar-refractivity contribution is -0.133. The predicted molar refractivity (Wildman–Crippen MR) is 602 cm³/mol. The second-order valence-corrected chi connectivity index (χ2v) is 50.2. The quantitative estimate of drug-likeness (QED) is 0.0256. The van der Waals surface area contributed by atoms with Crippen LogP contribution in [0.25, 0.3) is 0 Å². The number of ether oxygens (including phenoxy) is 2. The van der Waals surface area contributed by atoms with Crippen molar-refractivity contribution >= 4 is 195 Å². The number of likely N-dealkylation sites (tertiary alicyclic amines) is 2. The number of halogens is 4. The SMILES string of the molecule is COCC(=O)c1ccc(C)s1.COCCCC(=O)c1ccc(C)s1.Cc1ccc(C(=O)CC(C)C)s1.Cc1ccc(C(=O)CC2CCC2)s1.Cc1ccc(C(=O)CC2CCCC2)s1.Cc1ccc(C(=O)CCC(=O)N(C)C)s1.Cc1ccc(C(=O)CCC(F)(F)F)s1.Cc1ccc(C(=O)CCCC(=O)N2CCCC2)s1.Cc1ccc(C(=O)CCCCN(C)C)s1.Cc1ccc(C(=O)CCCCN2CCCCC2)s1.Cl. The molecule has 2 saturated carbocycles. The molecule has 144 heavy (non-hydrogen) atoms. The van der Waals surface area contributed by atoms with Crippen LogP contribution in [0.5, 0.6) is 0 Å². The number of methoxy groups -OCH3 is 2. The van der Waals surface area contributed by atoms with Crippen molar-refractivity contribution in [2.24, 2.45) is 17.8 Å². The first-order valence-electron chi connectivity index (χ1n) is 49.8. The van der Waals surface area contributed by atoms with E-state index >= 15 is 0 Å². The summed E-state index contributed by atoms with van der Waals surface area (Å²) >= 11 is 15.4. The highest BCUT2D eigenvalue weighted by molar-refractivity contribution is 7.17. The third kappa shape index (κ3) is 54.7. The van der Waals surface area contributed by atoms with Crippen LogP contribution in [0, 0.1) is 87.0 Å². The fraction of sp³-hybridized carbons (Fsp3) is 0.536. The number of thiophene rings is 10. The highest BCUT2D eigenvalue weighted by atomic mass is 35.5. The fourth-order valence-electron chi connectivity index (χ4n) is 15.0. The Hall–Kier alpha value is -7.44. The Kier molecular flexibility index (Phi) is 63.8. The van der Waals surface area contributed by atoms with Crippen molar-refractivity contribution < 1.29 is 80.2 Å². The molecule has 0 atom stereocenters. The summed E-state index contributed by atoms with van der Waals surface area (Å²) in [6.45, 7) is 31.5. The largest absolute Gasteiger partial charge is 0.389 e. The number of rotatable bonds is 41. The van der Waals surface area contributed by atoms with Crippen LogP contribution in [0.15, 0.2) is 121 Å². The Morgan fingerprint density at radius 3 is 0.951 bits per heavy atom. The second-order valence-electron chi connectivity index (χ2n) is 37.3. The first-order chi connectivity index (χ1) is 68.0. The van der Waals surface area contributed by atoms with Crippen LogP contribution in [0.4, 0.5) is 13.2 Å². The molecule has 12 heterocycles. The monoisotopic (exact) mass is 2190 g/mol. The molecule has 0 N–H and O–H groups in total. The van der Waals surface area contributed by atoms with Gasteiger partial charge in [0.15, 0.2) is 57.8 Å². The topological polar surface area (TPSA) is 236 Å². The smallest absolute Gasteiger partial charge is 0.385 e. The molecule has 4 fully saturated rings. The first kappa shape index (κ1) is 129. The maximum absolute atomic E-state index is 11.9. The van der Waals surface area contributed by atoms with Crippen molar-refractivity contribution in [3.8, 4) is 0 Å². The minimum atomic E-state index is -4.25. The molecule has 18 nitrogen and oxygen atoms in total. The highest BCUT2D eigenvalue weighted by Crippen LogP contribution is 2.34. The van der Waals surface area contributed by atoms with Gasteiger partial charge in [0.05, 0.1) is 55.2 Å². The summed E-state index contributed by atoms with van der Waals surface area (Å²) in [5.41, 5.74) is 0. The summed E-state index contributed by atoms with van der Waals surface area (Å²) in [5.74, 6) is 3.73. The first-order valence-corrected chi connectivity index (χ1v) is 58.0. The zero-order chi connectivity index (χ0) is 106. The molecule has 2 aliphatic heterocycles. The fourth-order valence-corrected chi connectivity index (χ4v) is 23.3. The van der Waals surface area contributed by atoms with Gasteiger partial charge < -0.3 is 29.1 Å².